The second-order valence-electron chi connectivity index (χ2n) is 4.87. The molecule has 0 bridgehead atoms. The molecule has 108 valence electrons. The molecule has 0 unspecified atom stereocenters. The van der Waals surface area contributed by atoms with Crippen molar-refractivity contribution in [3.63, 3.8) is 0 Å². The van der Waals surface area contributed by atoms with E-state index in [1.165, 1.54) is 0 Å². The molecule has 0 fully saturated rings. The van der Waals surface area contributed by atoms with E-state index < -0.39 is 10.8 Å². The molecule has 0 saturated carbocycles. The molecule has 3 rings (SSSR count). The Labute approximate surface area is 125 Å². The molecule has 0 spiro atoms. The maximum atomic E-state index is 12.3. The number of nitrogens with one attached hydrogen (secondary N) is 1. The summed E-state index contributed by atoms with van der Waals surface area (Å²) in [6, 6.07) is 14.6. The van der Waals surface area contributed by atoms with Gasteiger partial charge in [-0.25, -0.2) is 0 Å². The van der Waals surface area contributed by atoms with Gasteiger partial charge in [-0.3, -0.25) is 9.00 Å². The zero-order chi connectivity index (χ0) is 14.8. The first-order chi connectivity index (χ1) is 10.1. The normalized spacial score (nSPS) is 17.7. The van der Waals surface area contributed by atoms with Gasteiger partial charge in [-0.2, -0.15) is 0 Å². The van der Waals surface area contributed by atoms with Crippen molar-refractivity contribution in [1.82, 2.24) is 0 Å². The van der Waals surface area contributed by atoms with Crippen LogP contribution < -0.4 is 10.1 Å². The number of carbonyl (C=O) groups excluding carboxylic acids is 1. The lowest BCUT2D eigenvalue weighted by molar-refractivity contribution is -0.117. The van der Waals surface area contributed by atoms with Gasteiger partial charge in [0.2, 0.25) is 5.91 Å². The van der Waals surface area contributed by atoms with Crippen LogP contribution in [0.15, 0.2) is 53.4 Å². The molecule has 5 heteroatoms. The molecule has 0 aromatic heterocycles. The minimum Gasteiger partial charge on any atom is -0.492 e. The van der Waals surface area contributed by atoms with Gasteiger partial charge in [-0.1, -0.05) is 18.2 Å². The Morgan fingerprint density at radius 3 is 2.62 bits per heavy atom. The fourth-order valence-electron chi connectivity index (χ4n) is 2.34. The second kappa shape index (κ2) is 5.69. The minimum atomic E-state index is -1.01. The van der Waals surface area contributed by atoms with Crippen molar-refractivity contribution in [1.29, 1.82) is 0 Å². The maximum Gasteiger partial charge on any atom is 0.235 e. The summed E-state index contributed by atoms with van der Waals surface area (Å²) >= 11 is 0. The van der Waals surface area contributed by atoms with E-state index in [1.54, 1.807) is 30.5 Å². The van der Waals surface area contributed by atoms with Crippen LogP contribution in [0.5, 0.6) is 5.75 Å². The molecule has 4 nitrogen and oxygen atoms in total. The summed E-state index contributed by atoms with van der Waals surface area (Å²) in [5.74, 6) is 0.390. The number of amides is 1. The van der Waals surface area contributed by atoms with Crippen molar-refractivity contribution in [2.24, 2.45) is 0 Å². The number of carbonyl (C=O) groups is 1. The topological polar surface area (TPSA) is 55.4 Å². The summed E-state index contributed by atoms with van der Waals surface area (Å²) < 4.78 is 16.9. The number of ether oxygens (including phenoxy) is 1. The number of rotatable bonds is 3. The third-order valence-corrected chi connectivity index (χ3v) is 4.41. The average molecular weight is 301 g/mol. The Hall–Kier alpha value is -2.14. The molecule has 21 heavy (non-hydrogen) atoms. The smallest absolute Gasteiger partial charge is 0.235 e. The molecule has 2 aromatic rings. The first-order valence-corrected chi connectivity index (χ1v) is 8.17. The van der Waals surface area contributed by atoms with Gasteiger partial charge < -0.3 is 10.1 Å². The van der Waals surface area contributed by atoms with E-state index in [0.717, 1.165) is 16.2 Å². The van der Waals surface area contributed by atoms with Crippen molar-refractivity contribution in [3.8, 4) is 5.75 Å². The van der Waals surface area contributed by atoms with E-state index >= 15 is 0 Å². The fourth-order valence-corrected chi connectivity index (χ4v) is 2.86. The van der Waals surface area contributed by atoms with Crippen LogP contribution in [0.25, 0.3) is 0 Å². The fraction of sp³-hybridized carbons (Fsp3) is 0.188. The van der Waals surface area contributed by atoms with E-state index in [-0.39, 0.29) is 11.8 Å². The lowest BCUT2D eigenvalue weighted by Gasteiger charge is -2.10. The zero-order valence-corrected chi connectivity index (χ0v) is 12.4. The Kier molecular flexibility index (Phi) is 3.75. The largest absolute Gasteiger partial charge is 0.492 e. The standard InChI is InChI=1S/C16H15NO3S/c1-21(19)12-8-6-11(7-9-12)17-16(18)14-10-20-15-5-3-2-4-13(14)15/h2-9,14H,10H2,1H3,(H,17,18)/t14-,21-/m1/s1. The molecule has 0 saturated heterocycles. The highest BCUT2D eigenvalue weighted by Gasteiger charge is 2.29. The summed E-state index contributed by atoms with van der Waals surface area (Å²) in [5, 5.41) is 2.87. The Morgan fingerprint density at radius 2 is 1.90 bits per heavy atom. The third-order valence-electron chi connectivity index (χ3n) is 3.47. The van der Waals surface area contributed by atoms with Crippen molar-refractivity contribution in [3.05, 3.63) is 54.1 Å². The highest BCUT2D eigenvalue weighted by molar-refractivity contribution is 7.84. The summed E-state index contributed by atoms with van der Waals surface area (Å²) in [4.78, 5) is 13.1. The summed E-state index contributed by atoms with van der Waals surface area (Å²) in [6.45, 7) is 0.363. The van der Waals surface area contributed by atoms with Crippen LogP contribution in [0.3, 0.4) is 0 Å². The van der Waals surface area contributed by atoms with Gasteiger partial charge in [0.1, 0.15) is 18.3 Å². The molecule has 2 atom stereocenters. The monoisotopic (exact) mass is 301 g/mol. The van der Waals surface area contributed by atoms with Crippen LogP contribution in [-0.4, -0.2) is 23.0 Å². The number of para-hydroxylation sites is 1. The van der Waals surface area contributed by atoms with Crippen molar-refractivity contribution < 1.29 is 13.7 Å². The Balaban J connectivity index is 1.74. The Morgan fingerprint density at radius 1 is 1.19 bits per heavy atom. The van der Waals surface area contributed by atoms with E-state index in [0.29, 0.717) is 12.3 Å². The quantitative estimate of drug-likeness (QED) is 0.948. The van der Waals surface area contributed by atoms with Crippen LogP contribution >= 0.6 is 0 Å². The lowest BCUT2D eigenvalue weighted by Crippen LogP contribution is -2.22. The highest BCUT2D eigenvalue weighted by atomic mass is 32.2. The molecular formula is C16H15NO3S. The van der Waals surface area contributed by atoms with Crippen LogP contribution in [0.2, 0.25) is 0 Å². The van der Waals surface area contributed by atoms with E-state index in [4.69, 9.17) is 4.74 Å². The number of hydrogen-bond donors (Lipinski definition) is 1. The molecule has 2 aromatic carbocycles. The predicted molar refractivity (Wildman–Crippen MR) is 82.1 cm³/mol. The van der Waals surface area contributed by atoms with Gasteiger partial charge in [-0.15, -0.1) is 0 Å². The Bertz CT molecular complexity index is 697. The van der Waals surface area contributed by atoms with Crippen LogP contribution in [0, 0.1) is 0 Å². The van der Waals surface area contributed by atoms with Gasteiger partial charge in [0.15, 0.2) is 0 Å². The van der Waals surface area contributed by atoms with Gasteiger partial charge in [0, 0.05) is 33.2 Å². The van der Waals surface area contributed by atoms with E-state index in [9.17, 15) is 9.00 Å². The van der Waals surface area contributed by atoms with Gasteiger partial charge in [-0.05, 0) is 30.3 Å². The summed E-state index contributed by atoms with van der Waals surface area (Å²) in [6.07, 6.45) is 1.63. The van der Waals surface area contributed by atoms with Gasteiger partial charge in [0.05, 0.1) is 0 Å². The average Bonchev–Trinajstić information content (AvgIpc) is 2.92. The van der Waals surface area contributed by atoms with E-state index in [2.05, 4.69) is 5.32 Å². The molecule has 1 N–H and O–H groups in total. The van der Waals surface area contributed by atoms with Crippen LogP contribution in [0.1, 0.15) is 11.5 Å². The number of fused-ring (bicyclic) bond motifs is 1. The lowest BCUT2D eigenvalue weighted by atomic mass is 10.0. The molecular weight excluding hydrogens is 286 g/mol. The first kappa shape index (κ1) is 13.8. The van der Waals surface area contributed by atoms with Crippen molar-refractivity contribution >= 4 is 22.4 Å². The molecule has 1 heterocycles. The SMILES string of the molecule is C[S@@](=O)c1ccc(NC(=O)[C@@H]2COc3ccccc32)cc1. The van der Waals surface area contributed by atoms with Crippen molar-refractivity contribution in [2.75, 3.05) is 18.2 Å². The minimum absolute atomic E-state index is 0.0923. The number of anilines is 1. The second-order valence-corrected chi connectivity index (χ2v) is 6.25. The number of benzene rings is 2. The van der Waals surface area contributed by atoms with E-state index in [1.807, 2.05) is 24.3 Å². The number of hydrogen-bond acceptors (Lipinski definition) is 3. The molecule has 1 amide bonds. The van der Waals surface area contributed by atoms with Gasteiger partial charge in [0.25, 0.3) is 0 Å². The maximum absolute atomic E-state index is 12.3. The molecule has 0 aliphatic carbocycles. The summed E-state index contributed by atoms with van der Waals surface area (Å²) in [5.41, 5.74) is 1.61. The van der Waals surface area contributed by atoms with Crippen LogP contribution in [-0.2, 0) is 15.6 Å². The van der Waals surface area contributed by atoms with Crippen LogP contribution in [0.4, 0.5) is 5.69 Å². The first-order valence-electron chi connectivity index (χ1n) is 6.61. The van der Waals surface area contributed by atoms with Crippen molar-refractivity contribution in [2.45, 2.75) is 10.8 Å². The highest BCUT2D eigenvalue weighted by Crippen LogP contribution is 2.34. The molecule has 0 radical (unpaired) electrons. The molecule has 1 aliphatic heterocycles. The van der Waals surface area contributed by atoms with Gasteiger partial charge >= 0.3 is 0 Å². The molecule has 1 aliphatic rings. The zero-order valence-electron chi connectivity index (χ0n) is 11.5. The third kappa shape index (κ3) is 2.83. The summed E-state index contributed by atoms with van der Waals surface area (Å²) in [7, 11) is -1.01. The predicted octanol–water partition coefficient (Wildman–Crippen LogP) is 2.54.